The predicted molar refractivity (Wildman–Crippen MR) is 60.6 cm³/mol. The minimum Gasteiger partial charge on any atom is -0.248 e. The van der Waals surface area contributed by atoms with Crippen molar-refractivity contribution in [3.05, 3.63) is 45.2 Å². The third-order valence-corrected chi connectivity index (χ3v) is 3.13. The summed E-state index contributed by atoms with van der Waals surface area (Å²) in [5.41, 5.74) is 0.747. The molecule has 0 N–H and O–H groups in total. The van der Waals surface area contributed by atoms with E-state index in [9.17, 15) is 0 Å². The van der Waals surface area contributed by atoms with Crippen LogP contribution in [0, 0.1) is 0 Å². The lowest BCUT2D eigenvalue weighted by Crippen LogP contribution is -2.02. The molecule has 0 atom stereocenters. The first-order chi connectivity index (χ1) is 7.18. The fourth-order valence-corrected chi connectivity index (χ4v) is 1.86. The standard InChI is InChI=1S/C9H6Cl3N3/c10-7-1-2-8(11)9(12)6(7)5-15-4-3-13-14-15/h1-4H,5H2. The average Bonchev–Trinajstić information content (AvgIpc) is 2.71. The Bertz CT molecular complexity index is 468. The molecule has 3 nitrogen and oxygen atoms in total. The van der Waals surface area contributed by atoms with Crippen LogP contribution in [0.1, 0.15) is 5.56 Å². The molecule has 0 fully saturated rings. The van der Waals surface area contributed by atoms with E-state index in [-0.39, 0.29) is 0 Å². The molecule has 0 saturated carbocycles. The number of halogens is 3. The third kappa shape index (κ3) is 2.25. The molecule has 1 aromatic carbocycles. The Labute approximate surface area is 102 Å². The van der Waals surface area contributed by atoms with E-state index in [1.807, 2.05) is 0 Å². The summed E-state index contributed by atoms with van der Waals surface area (Å²) < 4.78 is 1.63. The summed E-state index contributed by atoms with van der Waals surface area (Å²) >= 11 is 17.9. The SMILES string of the molecule is Clc1ccc(Cl)c(Cn2ccnn2)c1Cl. The number of hydrogen-bond donors (Lipinski definition) is 0. The fourth-order valence-electron chi connectivity index (χ4n) is 1.19. The molecule has 6 heteroatoms. The number of benzene rings is 1. The molecule has 0 aliphatic heterocycles. The molecule has 0 spiro atoms. The topological polar surface area (TPSA) is 30.7 Å². The van der Waals surface area contributed by atoms with Gasteiger partial charge < -0.3 is 0 Å². The maximum atomic E-state index is 6.04. The van der Waals surface area contributed by atoms with Gasteiger partial charge in [-0.15, -0.1) is 5.10 Å². The quantitative estimate of drug-likeness (QED) is 0.778. The molecule has 2 aromatic rings. The van der Waals surface area contributed by atoms with E-state index >= 15 is 0 Å². The summed E-state index contributed by atoms with van der Waals surface area (Å²) in [5, 5.41) is 9.03. The van der Waals surface area contributed by atoms with Gasteiger partial charge in [0.1, 0.15) is 0 Å². The number of aromatic nitrogens is 3. The van der Waals surface area contributed by atoms with Crippen molar-refractivity contribution in [2.24, 2.45) is 0 Å². The lowest BCUT2D eigenvalue weighted by atomic mass is 10.2. The van der Waals surface area contributed by atoms with Crippen LogP contribution in [0.25, 0.3) is 0 Å². The molecular formula is C9H6Cl3N3. The Morgan fingerprint density at radius 2 is 1.87 bits per heavy atom. The molecule has 0 unspecified atom stereocenters. The van der Waals surface area contributed by atoms with Gasteiger partial charge in [0.05, 0.1) is 22.8 Å². The van der Waals surface area contributed by atoms with Crippen LogP contribution in [0.2, 0.25) is 15.1 Å². The second kappa shape index (κ2) is 4.39. The molecule has 0 aliphatic rings. The number of nitrogens with zero attached hydrogens (tertiary/aromatic N) is 3. The van der Waals surface area contributed by atoms with E-state index in [0.29, 0.717) is 21.6 Å². The molecule has 0 saturated heterocycles. The lowest BCUT2D eigenvalue weighted by Gasteiger charge is -2.07. The van der Waals surface area contributed by atoms with Crippen molar-refractivity contribution in [2.75, 3.05) is 0 Å². The van der Waals surface area contributed by atoms with Gasteiger partial charge in [-0.2, -0.15) is 0 Å². The first-order valence-corrected chi connectivity index (χ1v) is 5.28. The maximum absolute atomic E-state index is 6.04. The van der Waals surface area contributed by atoms with Crippen LogP contribution in [-0.2, 0) is 6.54 Å². The van der Waals surface area contributed by atoms with Gasteiger partial charge in [0, 0.05) is 16.8 Å². The van der Waals surface area contributed by atoms with Crippen molar-refractivity contribution in [3.63, 3.8) is 0 Å². The molecule has 0 amide bonds. The first kappa shape index (κ1) is 10.7. The second-order valence-electron chi connectivity index (χ2n) is 2.92. The molecule has 1 heterocycles. The van der Waals surface area contributed by atoms with Crippen molar-refractivity contribution in [1.82, 2.24) is 15.0 Å². The Hall–Kier alpha value is -0.770. The van der Waals surface area contributed by atoms with Crippen LogP contribution in [0.5, 0.6) is 0 Å². The normalized spacial score (nSPS) is 10.6. The molecule has 15 heavy (non-hydrogen) atoms. The monoisotopic (exact) mass is 261 g/mol. The largest absolute Gasteiger partial charge is 0.248 e. The zero-order valence-electron chi connectivity index (χ0n) is 7.49. The zero-order chi connectivity index (χ0) is 10.8. The number of rotatable bonds is 2. The molecule has 2 rings (SSSR count). The molecule has 1 aromatic heterocycles. The van der Waals surface area contributed by atoms with Gasteiger partial charge in [0.15, 0.2) is 0 Å². The van der Waals surface area contributed by atoms with Crippen molar-refractivity contribution in [1.29, 1.82) is 0 Å². The first-order valence-electron chi connectivity index (χ1n) is 4.15. The van der Waals surface area contributed by atoms with Crippen LogP contribution in [0.4, 0.5) is 0 Å². The molecule has 0 bridgehead atoms. The maximum Gasteiger partial charge on any atom is 0.0707 e. The van der Waals surface area contributed by atoms with E-state index in [1.54, 1.807) is 29.2 Å². The van der Waals surface area contributed by atoms with Gasteiger partial charge in [0.25, 0.3) is 0 Å². The van der Waals surface area contributed by atoms with Crippen molar-refractivity contribution < 1.29 is 0 Å². The molecule has 0 aliphatic carbocycles. The van der Waals surface area contributed by atoms with E-state index in [0.717, 1.165) is 5.56 Å². The Morgan fingerprint density at radius 3 is 2.53 bits per heavy atom. The van der Waals surface area contributed by atoms with Gasteiger partial charge in [-0.05, 0) is 12.1 Å². The Balaban J connectivity index is 2.39. The fraction of sp³-hybridized carbons (Fsp3) is 0.111. The molecule has 78 valence electrons. The summed E-state index contributed by atoms with van der Waals surface area (Å²) in [6.45, 7) is 0.457. The van der Waals surface area contributed by atoms with Crippen molar-refractivity contribution in [3.8, 4) is 0 Å². The van der Waals surface area contributed by atoms with E-state index in [4.69, 9.17) is 34.8 Å². The zero-order valence-corrected chi connectivity index (χ0v) is 9.76. The van der Waals surface area contributed by atoms with Crippen LogP contribution in [0.15, 0.2) is 24.5 Å². The Morgan fingerprint density at radius 1 is 1.13 bits per heavy atom. The van der Waals surface area contributed by atoms with Crippen LogP contribution >= 0.6 is 34.8 Å². The summed E-state index contributed by atoms with van der Waals surface area (Å²) in [7, 11) is 0. The third-order valence-electron chi connectivity index (χ3n) is 1.93. The van der Waals surface area contributed by atoms with Crippen LogP contribution in [0.3, 0.4) is 0 Å². The van der Waals surface area contributed by atoms with Crippen LogP contribution in [-0.4, -0.2) is 15.0 Å². The van der Waals surface area contributed by atoms with Crippen molar-refractivity contribution in [2.45, 2.75) is 6.54 Å². The summed E-state index contributed by atoms with van der Waals surface area (Å²) in [6, 6.07) is 3.37. The summed E-state index contributed by atoms with van der Waals surface area (Å²) in [5.74, 6) is 0. The highest BCUT2D eigenvalue weighted by molar-refractivity contribution is 6.44. The molecule has 0 radical (unpaired) electrons. The Kier molecular flexibility index (Phi) is 3.14. The van der Waals surface area contributed by atoms with Gasteiger partial charge in [-0.25, -0.2) is 4.68 Å². The second-order valence-corrected chi connectivity index (χ2v) is 4.11. The summed E-state index contributed by atoms with van der Waals surface area (Å²) in [6.07, 6.45) is 3.32. The van der Waals surface area contributed by atoms with Gasteiger partial charge in [-0.1, -0.05) is 40.0 Å². The van der Waals surface area contributed by atoms with E-state index in [1.165, 1.54) is 0 Å². The highest BCUT2D eigenvalue weighted by Crippen LogP contribution is 2.31. The average molecular weight is 263 g/mol. The van der Waals surface area contributed by atoms with Gasteiger partial charge in [0.2, 0.25) is 0 Å². The predicted octanol–water partition coefficient (Wildman–Crippen LogP) is 3.29. The minimum atomic E-state index is 0.457. The van der Waals surface area contributed by atoms with Crippen molar-refractivity contribution >= 4 is 34.8 Å². The van der Waals surface area contributed by atoms with E-state index in [2.05, 4.69) is 10.3 Å². The summed E-state index contributed by atoms with van der Waals surface area (Å²) in [4.78, 5) is 0. The highest BCUT2D eigenvalue weighted by atomic mass is 35.5. The van der Waals surface area contributed by atoms with Gasteiger partial charge in [-0.3, -0.25) is 0 Å². The van der Waals surface area contributed by atoms with E-state index < -0.39 is 0 Å². The number of hydrogen-bond acceptors (Lipinski definition) is 2. The van der Waals surface area contributed by atoms with Gasteiger partial charge >= 0.3 is 0 Å². The smallest absolute Gasteiger partial charge is 0.0707 e. The highest BCUT2D eigenvalue weighted by Gasteiger charge is 2.10. The lowest BCUT2D eigenvalue weighted by molar-refractivity contribution is 0.650. The van der Waals surface area contributed by atoms with Crippen LogP contribution < -0.4 is 0 Å². The molecular weight excluding hydrogens is 256 g/mol. The minimum absolute atomic E-state index is 0.457.